The molecule has 0 aromatic heterocycles. The van der Waals surface area contributed by atoms with Crippen LogP contribution in [0.3, 0.4) is 0 Å². The second-order valence-corrected chi connectivity index (χ2v) is 4.00. The third-order valence-electron chi connectivity index (χ3n) is 2.84. The molecule has 0 N–H and O–H groups in total. The smallest absolute Gasteiger partial charge is 0.122 e. The molecule has 2 rings (SSSR count). The van der Waals surface area contributed by atoms with Crippen molar-refractivity contribution in [1.29, 1.82) is 0 Å². The quantitative estimate of drug-likeness (QED) is 0.797. The fourth-order valence-electron chi connectivity index (χ4n) is 1.87. The summed E-state index contributed by atoms with van der Waals surface area (Å²) in [6.45, 7) is 0. The summed E-state index contributed by atoms with van der Waals surface area (Å²) in [5.41, 5.74) is 2.34. The highest BCUT2D eigenvalue weighted by Gasteiger charge is 2.03. The van der Waals surface area contributed by atoms with Gasteiger partial charge in [-0.05, 0) is 42.2 Å². The van der Waals surface area contributed by atoms with Crippen LogP contribution in [-0.4, -0.2) is 14.2 Å². The Balaban J connectivity index is 2.06. The summed E-state index contributed by atoms with van der Waals surface area (Å²) in [5.74, 6) is 1.81. The van der Waals surface area contributed by atoms with Crippen molar-refractivity contribution in [3.8, 4) is 11.5 Å². The summed E-state index contributed by atoms with van der Waals surface area (Å²) in [5, 5.41) is 0. The average molecular weight is 241 g/mol. The van der Waals surface area contributed by atoms with E-state index in [1.165, 1.54) is 5.56 Å². The van der Waals surface area contributed by atoms with Gasteiger partial charge < -0.3 is 9.47 Å². The van der Waals surface area contributed by atoms with Gasteiger partial charge in [0.25, 0.3) is 0 Å². The van der Waals surface area contributed by atoms with Crippen LogP contribution in [0.1, 0.15) is 11.1 Å². The van der Waals surface area contributed by atoms with Crippen molar-refractivity contribution in [2.45, 2.75) is 6.42 Å². The average Bonchev–Trinajstić information content (AvgIpc) is 2.45. The van der Waals surface area contributed by atoms with Crippen molar-refractivity contribution in [3.63, 3.8) is 0 Å². The van der Waals surface area contributed by atoms with Gasteiger partial charge in [0.05, 0.1) is 14.2 Å². The number of hydrogen-bond donors (Lipinski definition) is 0. The molecule has 2 aromatic rings. The predicted molar refractivity (Wildman–Crippen MR) is 73.1 cm³/mol. The van der Waals surface area contributed by atoms with Crippen LogP contribution in [0.25, 0.3) is 0 Å². The van der Waals surface area contributed by atoms with Gasteiger partial charge in [-0.3, -0.25) is 0 Å². The molecule has 1 radical (unpaired) electrons. The zero-order valence-electron chi connectivity index (χ0n) is 10.7. The van der Waals surface area contributed by atoms with E-state index in [4.69, 9.17) is 9.47 Å². The maximum Gasteiger partial charge on any atom is 0.122 e. The summed E-state index contributed by atoms with van der Waals surface area (Å²) < 4.78 is 10.5. The summed E-state index contributed by atoms with van der Waals surface area (Å²) in [6.07, 6.45) is 3.01. The Morgan fingerprint density at radius 3 is 2.56 bits per heavy atom. The van der Waals surface area contributed by atoms with Gasteiger partial charge in [0, 0.05) is 0 Å². The SMILES string of the molecule is COc1cccc([CH]Cc2ccccc2OC)c1. The molecule has 93 valence electrons. The molecule has 0 aliphatic carbocycles. The molecular formula is C16H17O2. The summed E-state index contributed by atoms with van der Waals surface area (Å²) in [6, 6.07) is 16.1. The van der Waals surface area contributed by atoms with Crippen LogP contribution < -0.4 is 9.47 Å². The molecule has 0 amide bonds. The molecule has 0 bridgehead atoms. The zero-order valence-corrected chi connectivity index (χ0v) is 10.7. The molecule has 0 spiro atoms. The minimum absolute atomic E-state index is 0.844. The molecule has 0 heterocycles. The highest BCUT2D eigenvalue weighted by atomic mass is 16.5. The topological polar surface area (TPSA) is 18.5 Å². The Morgan fingerprint density at radius 1 is 0.944 bits per heavy atom. The van der Waals surface area contributed by atoms with Crippen LogP contribution in [0.5, 0.6) is 11.5 Å². The van der Waals surface area contributed by atoms with Crippen LogP contribution in [0.4, 0.5) is 0 Å². The van der Waals surface area contributed by atoms with E-state index >= 15 is 0 Å². The van der Waals surface area contributed by atoms with Gasteiger partial charge in [-0.15, -0.1) is 0 Å². The fraction of sp³-hybridized carbons (Fsp3) is 0.188. The van der Waals surface area contributed by atoms with E-state index in [-0.39, 0.29) is 0 Å². The Labute approximate surface area is 108 Å². The number of para-hydroxylation sites is 1. The van der Waals surface area contributed by atoms with Crippen molar-refractivity contribution in [3.05, 3.63) is 66.1 Å². The molecule has 18 heavy (non-hydrogen) atoms. The molecule has 0 fully saturated rings. The molecule has 2 nitrogen and oxygen atoms in total. The first-order valence-electron chi connectivity index (χ1n) is 5.92. The van der Waals surface area contributed by atoms with Gasteiger partial charge in [0.15, 0.2) is 0 Å². The lowest BCUT2D eigenvalue weighted by Gasteiger charge is -2.08. The van der Waals surface area contributed by atoms with Crippen molar-refractivity contribution >= 4 is 0 Å². The van der Waals surface area contributed by atoms with E-state index in [1.807, 2.05) is 36.4 Å². The molecule has 0 aliphatic rings. The first-order chi connectivity index (χ1) is 8.83. The number of methoxy groups -OCH3 is 2. The van der Waals surface area contributed by atoms with Crippen LogP contribution >= 0.6 is 0 Å². The maximum absolute atomic E-state index is 5.33. The monoisotopic (exact) mass is 241 g/mol. The van der Waals surface area contributed by atoms with Crippen LogP contribution in [0.2, 0.25) is 0 Å². The second-order valence-electron chi connectivity index (χ2n) is 4.00. The third kappa shape index (κ3) is 3.04. The van der Waals surface area contributed by atoms with E-state index in [0.29, 0.717) is 0 Å². The Hall–Kier alpha value is -1.96. The largest absolute Gasteiger partial charge is 0.497 e. The van der Waals surface area contributed by atoms with E-state index in [1.54, 1.807) is 14.2 Å². The molecule has 2 heteroatoms. The number of benzene rings is 2. The molecule has 0 atom stereocenters. The van der Waals surface area contributed by atoms with E-state index in [2.05, 4.69) is 18.6 Å². The first kappa shape index (κ1) is 12.5. The Bertz CT molecular complexity index is 506. The minimum atomic E-state index is 0.844. The number of hydrogen-bond acceptors (Lipinski definition) is 2. The predicted octanol–water partition coefficient (Wildman–Crippen LogP) is 3.50. The summed E-state index contributed by atoms with van der Waals surface area (Å²) in [7, 11) is 3.38. The zero-order chi connectivity index (χ0) is 12.8. The van der Waals surface area contributed by atoms with E-state index < -0.39 is 0 Å². The van der Waals surface area contributed by atoms with Crippen molar-refractivity contribution in [1.82, 2.24) is 0 Å². The number of ether oxygens (including phenoxy) is 2. The molecule has 0 saturated carbocycles. The standard InChI is InChI=1S/C16H17O2/c1-17-15-8-5-6-13(12-15)10-11-14-7-3-4-9-16(14)18-2/h3-10,12H,11H2,1-2H3. The minimum Gasteiger partial charge on any atom is -0.497 e. The Kier molecular flexibility index (Phi) is 4.24. The molecule has 0 aliphatic heterocycles. The van der Waals surface area contributed by atoms with E-state index in [0.717, 1.165) is 23.5 Å². The van der Waals surface area contributed by atoms with Gasteiger partial charge in [-0.25, -0.2) is 0 Å². The normalized spacial score (nSPS) is 10.1. The van der Waals surface area contributed by atoms with Crippen molar-refractivity contribution in [2.24, 2.45) is 0 Å². The van der Waals surface area contributed by atoms with Crippen molar-refractivity contribution < 1.29 is 9.47 Å². The maximum atomic E-state index is 5.33. The van der Waals surface area contributed by atoms with Gasteiger partial charge >= 0.3 is 0 Å². The Morgan fingerprint density at radius 2 is 1.78 bits per heavy atom. The number of rotatable bonds is 5. The first-order valence-corrected chi connectivity index (χ1v) is 5.92. The third-order valence-corrected chi connectivity index (χ3v) is 2.84. The lowest BCUT2D eigenvalue weighted by atomic mass is 10.0. The second kappa shape index (κ2) is 6.10. The van der Waals surface area contributed by atoms with Gasteiger partial charge in [0.2, 0.25) is 0 Å². The molecule has 0 unspecified atom stereocenters. The van der Waals surface area contributed by atoms with Gasteiger partial charge in [-0.2, -0.15) is 0 Å². The van der Waals surface area contributed by atoms with E-state index in [9.17, 15) is 0 Å². The lowest BCUT2D eigenvalue weighted by molar-refractivity contribution is 0.410. The molecule has 0 saturated heterocycles. The van der Waals surface area contributed by atoms with Crippen LogP contribution in [-0.2, 0) is 6.42 Å². The van der Waals surface area contributed by atoms with Gasteiger partial charge in [-0.1, -0.05) is 30.3 Å². The summed E-state index contributed by atoms with van der Waals surface area (Å²) in [4.78, 5) is 0. The molecular weight excluding hydrogens is 224 g/mol. The molecule has 2 aromatic carbocycles. The summed E-state index contributed by atoms with van der Waals surface area (Å²) >= 11 is 0. The fourth-order valence-corrected chi connectivity index (χ4v) is 1.87. The van der Waals surface area contributed by atoms with Gasteiger partial charge in [0.1, 0.15) is 11.5 Å². The highest BCUT2D eigenvalue weighted by molar-refractivity contribution is 5.38. The lowest BCUT2D eigenvalue weighted by Crippen LogP contribution is -1.94. The van der Waals surface area contributed by atoms with Crippen LogP contribution in [0.15, 0.2) is 48.5 Å². The van der Waals surface area contributed by atoms with Crippen molar-refractivity contribution in [2.75, 3.05) is 14.2 Å². The highest BCUT2D eigenvalue weighted by Crippen LogP contribution is 2.21. The van der Waals surface area contributed by atoms with Crippen LogP contribution in [0, 0.1) is 6.42 Å².